The van der Waals surface area contributed by atoms with Crippen LogP contribution in [-0.4, -0.2) is 42.7 Å². The molecular weight excluding hydrogens is 961 g/mol. The molecule has 6 nitrogen and oxygen atoms in total. The van der Waals surface area contributed by atoms with E-state index in [-0.39, 0.29) is 0 Å². The lowest BCUT2D eigenvalue weighted by molar-refractivity contribution is 0.0400. The Hall–Kier alpha value is -8.04. The summed E-state index contributed by atoms with van der Waals surface area (Å²) in [5.41, 5.74) is 12.0. The molecule has 0 saturated carbocycles. The van der Waals surface area contributed by atoms with Gasteiger partial charge in [-0.2, -0.15) is 0 Å². The predicted octanol–water partition coefficient (Wildman–Crippen LogP) is 16.4. The fourth-order valence-electron chi connectivity index (χ4n) is 11.8. The van der Waals surface area contributed by atoms with E-state index < -0.39 is 33.6 Å². The van der Waals surface area contributed by atoms with E-state index >= 15 is 0 Å². The lowest BCUT2D eigenvalue weighted by Gasteiger charge is -2.38. The van der Waals surface area contributed by atoms with E-state index in [1.165, 1.54) is 0 Å². The zero-order valence-electron chi connectivity index (χ0n) is 45.5. The van der Waals surface area contributed by atoms with Gasteiger partial charge in [-0.3, -0.25) is 0 Å². The summed E-state index contributed by atoms with van der Waals surface area (Å²) >= 11 is 0. The molecule has 390 valence electrons. The molecular formula is C72H66O6. The van der Waals surface area contributed by atoms with Crippen LogP contribution in [0, 0.1) is 0 Å². The highest BCUT2D eigenvalue weighted by Crippen LogP contribution is 2.47. The van der Waals surface area contributed by atoms with Crippen LogP contribution in [0.25, 0.3) is 69.8 Å². The molecule has 0 fully saturated rings. The molecule has 34 rings (SSSR count). The van der Waals surface area contributed by atoms with Gasteiger partial charge >= 0.3 is 0 Å². The van der Waals surface area contributed by atoms with Gasteiger partial charge in [-0.1, -0.05) is 149 Å². The van der Waals surface area contributed by atoms with Crippen LogP contribution in [0.4, 0.5) is 0 Å². The molecule has 0 aromatic heterocycles. The summed E-state index contributed by atoms with van der Waals surface area (Å²) in [5.74, 6) is 0. The fourth-order valence-corrected chi connectivity index (χ4v) is 11.8. The van der Waals surface area contributed by atoms with Crippen molar-refractivity contribution in [3.8, 4) is 33.4 Å². The second kappa shape index (κ2) is 20.7. The first-order valence-electron chi connectivity index (χ1n) is 26.0. The fraction of sp³-hybridized carbons (Fsp3) is 0.167. The molecule has 0 amide bonds. The number of hydrogen-bond acceptors (Lipinski definition) is 6. The summed E-state index contributed by atoms with van der Waals surface area (Å²) in [6.45, 7) is 25.8. The van der Waals surface area contributed by atoms with Crippen molar-refractivity contribution >= 4 is 36.5 Å². The maximum absolute atomic E-state index is 6.39. The number of hydrogen-bond donors (Lipinski definition) is 0. The Labute approximate surface area is 460 Å². The van der Waals surface area contributed by atoms with Crippen LogP contribution >= 0.6 is 0 Å². The van der Waals surface area contributed by atoms with Gasteiger partial charge in [0.1, 0.15) is 33.6 Å². The molecule has 0 aliphatic heterocycles. The third kappa shape index (κ3) is 8.44. The molecule has 0 radical (unpaired) electrons. The van der Waals surface area contributed by atoms with Gasteiger partial charge in [0.2, 0.25) is 0 Å². The van der Waals surface area contributed by atoms with Gasteiger partial charge in [0, 0.05) is 42.7 Å². The Morgan fingerprint density at radius 2 is 0.397 bits per heavy atom. The van der Waals surface area contributed by atoms with Crippen LogP contribution in [-0.2, 0) is 62.0 Å². The molecule has 6 aromatic rings. The lowest BCUT2D eigenvalue weighted by atomic mass is 9.78. The molecule has 0 saturated heterocycles. The van der Waals surface area contributed by atoms with E-state index in [0.29, 0.717) is 0 Å². The zero-order chi connectivity index (χ0) is 55.1. The SMILES string of the molecule is C=Cc1cc2ccc1-c1cc(C=C)c(cc1C=C)-c1cc(C=C)c(cc1C=C)-c1ccc(cc1C=C)C1(OC)C=CC(OC)(C=C1)c1ccc(cc1)C1(OC)C=CC(OC)(C=C1)c1ccc(cc1)C1(OC)C=CC2(OC)C=C1. The van der Waals surface area contributed by atoms with Crippen LogP contribution in [0.15, 0.2) is 222 Å². The summed E-state index contributed by atoms with van der Waals surface area (Å²) in [5, 5.41) is 0. The molecule has 0 unspecified atom stereocenters. The van der Waals surface area contributed by atoms with Crippen LogP contribution < -0.4 is 0 Å². The van der Waals surface area contributed by atoms with E-state index in [4.69, 9.17) is 28.4 Å². The van der Waals surface area contributed by atoms with Crippen LogP contribution in [0.2, 0.25) is 0 Å². The van der Waals surface area contributed by atoms with Gasteiger partial charge in [-0.05, 0) is 209 Å². The van der Waals surface area contributed by atoms with Crippen molar-refractivity contribution < 1.29 is 28.4 Å². The largest absolute Gasteiger partial charge is 0.365 e. The average molecular weight is 1030 g/mol. The highest BCUT2D eigenvalue weighted by atomic mass is 16.5. The van der Waals surface area contributed by atoms with Gasteiger partial charge < -0.3 is 28.4 Å². The summed E-state index contributed by atoms with van der Waals surface area (Å²) < 4.78 is 38.1. The second-order valence-corrected chi connectivity index (χ2v) is 20.0. The smallest absolute Gasteiger partial charge is 0.129 e. The number of rotatable bonds is 12. The summed E-state index contributed by atoms with van der Waals surface area (Å²) in [7, 11) is 10.3. The molecule has 0 atom stereocenters. The van der Waals surface area contributed by atoms with E-state index in [2.05, 4.69) is 222 Å². The molecule has 6 aromatic carbocycles. The van der Waals surface area contributed by atoms with E-state index in [1.54, 1.807) is 42.7 Å². The first kappa shape index (κ1) is 53.4. The van der Waals surface area contributed by atoms with Crippen molar-refractivity contribution in [3.63, 3.8) is 0 Å². The van der Waals surface area contributed by atoms with E-state index in [0.717, 1.165) is 100 Å². The lowest BCUT2D eigenvalue weighted by Crippen LogP contribution is -2.34. The Morgan fingerprint density at radius 3 is 0.590 bits per heavy atom. The quantitative estimate of drug-likeness (QED) is 0.114. The minimum Gasteiger partial charge on any atom is -0.365 e. The summed E-state index contributed by atoms with van der Waals surface area (Å²) in [6.07, 6.45) is 36.2. The molecule has 78 heavy (non-hydrogen) atoms. The maximum Gasteiger partial charge on any atom is 0.129 e. The van der Waals surface area contributed by atoms with Gasteiger partial charge in [-0.15, -0.1) is 0 Å². The van der Waals surface area contributed by atoms with E-state index in [1.807, 2.05) is 36.5 Å². The van der Waals surface area contributed by atoms with Crippen molar-refractivity contribution in [2.75, 3.05) is 42.7 Å². The van der Waals surface area contributed by atoms with Crippen molar-refractivity contribution in [1.29, 1.82) is 0 Å². The summed E-state index contributed by atoms with van der Waals surface area (Å²) in [6, 6.07) is 38.2. The number of ether oxygens (including phenoxy) is 6. The van der Waals surface area contributed by atoms with Crippen LogP contribution in [0.5, 0.6) is 0 Å². The molecule has 18 bridgehead atoms. The average Bonchev–Trinajstić information content (AvgIpc) is 3.64. The highest BCUT2D eigenvalue weighted by molar-refractivity contribution is 5.93. The zero-order valence-corrected chi connectivity index (χ0v) is 45.5. The Morgan fingerprint density at radius 1 is 0.231 bits per heavy atom. The van der Waals surface area contributed by atoms with Crippen LogP contribution in [0.1, 0.15) is 66.8 Å². The van der Waals surface area contributed by atoms with Crippen molar-refractivity contribution in [2.24, 2.45) is 0 Å². The summed E-state index contributed by atoms with van der Waals surface area (Å²) in [4.78, 5) is 0. The monoisotopic (exact) mass is 1030 g/mol. The van der Waals surface area contributed by atoms with Crippen molar-refractivity contribution in [3.05, 3.63) is 288 Å². The maximum atomic E-state index is 6.39. The molecule has 0 N–H and O–H groups in total. The number of benzene rings is 6. The highest BCUT2D eigenvalue weighted by Gasteiger charge is 2.41. The van der Waals surface area contributed by atoms with Crippen LogP contribution in [0.3, 0.4) is 0 Å². The standard InChI is InChI=1S/C72H66O6/c1-13-49-43-59-27-29-61(49)63-45-53(17-5)65(47-51(63)15-3)66-48-52(16-4)64(46-54(66)18-6)62-30-28-60(44-50(62)14-2)72(78-12)41-37-70(76-10,38-42-72)58-25-21-56(22-26-58)68(74-8)33-31-67(73-7,32-34-68)55-19-23-57(24-20-55)69(75-9)35-39-71(59,77-11)40-36-69/h13-48H,1-6H2,7-12H3. The molecule has 28 aliphatic carbocycles. The third-order valence-electron chi connectivity index (χ3n) is 16.7. The van der Waals surface area contributed by atoms with Gasteiger partial charge in [0.25, 0.3) is 0 Å². The Balaban J connectivity index is 1.14. The Kier molecular flexibility index (Phi) is 14.2. The van der Waals surface area contributed by atoms with Crippen molar-refractivity contribution in [2.45, 2.75) is 33.6 Å². The third-order valence-corrected chi connectivity index (χ3v) is 16.7. The number of methoxy groups -OCH3 is 6. The Bertz CT molecular complexity index is 3330. The van der Waals surface area contributed by atoms with Crippen molar-refractivity contribution in [1.82, 2.24) is 0 Å². The topological polar surface area (TPSA) is 55.4 Å². The minimum absolute atomic E-state index is 0.857. The molecule has 0 spiro atoms. The normalized spacial score (nSPS) is 25.2. The van der Waals surface area contributed by atoms with Gasteiger partial charge in [-0.25, -0.2) is 0 Å². The van der Waals surface area contributed by atoms with E-state index in [9.17, 15) is 0 Å². The molecule has 0 heterocycles. The predicted molar refractivity (Wildman–Crippen MR) is 323 cm³/mol. The molecule has 6 heteroatoms. The first-order chi connectivity index (χ1) is 37.8. The minimum atomic E-state index is -0.896. The first-order valence-corrected chi connectivity index (χ1v) is 26.0. The molecule has 28 aliphatic rings. The van der Waals surface area contributed by atoms with Gasteiger partial charge in [0.05, 0.1) is 0 Å². The second-order valence-electron chi connectivity index (χ2n) is 20.0. The van der Waals surface area contributed by atoms with Gasteiger partial charge in [0.15, 0.2) is 0 Å².